The second-order valence-corrected chi connectivity index (χ2v) is 7.56. The third-order valence-electron chi connectivity index (χ3n) is 5.25. The van der Waals surface area contributed by atoms with Gasteiger partial charge in [-0.25, -0.2) is 0 Å². The van der Waals surface area contributed by atoms with E-state index in [0.29, 0.717) is 6.04 Å². The molecule has 2 heteroatoms. The summed E-state index contributed by atoms with van der Waals surface area (Å²) in [5.74, 6) is 1.60. The lowest BCUT2D eigenvalue weighted by atomic mass is 9.97. The molecule has 1 fully saturated rings. The predicted octanol–water partition coefficient (Wildman–Crippen LogP) is 4.69. The normalized spacial score (nSPS) is 19.6. The van der Waals surface area contributed by atoms with E-state index in [1.54, 1.807) is 0 Å². The van der Waals surface area contributed by atoms with Crippen LogP contribution in [-0.4, -0.2) is 36.6 Å². The minimum Gasteiger partial charge on any atom is -0.312 e. The van der Waals surface area contributed by atoms with E-state index in [-0.39, 0.29) is 0 Å². The van der Waals surface area contributed by atoms with Gasteiger partial charge in [-0.3, -0.25) is 4.90 Å². The molecule has 21 heavy (non-hydrogen) atoms. The molecule has 126 valence electrons. The highest BCUT2D eigenvalue weighted by atomic mass is 15.2. The molecular weight excluding hydrogens is 256 g/mol. The summed E-state index contributed by atoms with van der Waals surface area (Å²) in [6.45, 7) is 15.5. The van der Waals surface area contributed by atoms with E-state index in [2.05, 4.69) is 44.8 Å². The predicted molar refractivity (Wildman–Crippen MR) is 94.8 cm³/mol. The summed E-state index contributed by atoms with van der Waals surface area (Å²) >= 11 is 0. The molecule has 2 atom stereocenters. The molecule has 0 aliphatic heterocycles. The maximum Gasteiger partial charge on any atom is 0.0220 e. The topological polar surface area (TPSA) is 15.3 Å². The van der Waals surface area contributed by atoms with Crippen LogP contribution in [0.3, 0.4) is 0 Å². The number of nitrogens with one attached hydrogen (secondary N) is 1. The molecule has 1 aliphatic rings. The van der Waals surface area contributed by atoms with E-state index in [0.717, 1.165) is 24.4 Å². The van der Waals surface area contributed by atoms with Gasteiger partial charge in [0, 0.05) is 18.6 Å². The third kappa shape index (κ3) is 7.15. The first-order chi connectivity index (χ1) is 10.1. The van der Waals surface area contributed by atoms with Crippen molar-refractivity contribution in [2.24, 2.45) is 11.8 Å². The fourth-order valence-corrected chi connectivity index (χ4v) is 3.43. The van der Waals surface area contributed by atoms with Gasteiger partial charge in [0.2, 0.25) is 0 Å². The van der Waals surface area contributed by atoms with Crippen molar-refractivity contribution in [1.82, 2.24) is 10.2 Å². The van der Waals surface area contributed by atoms with Crippen LogP contribution in [0.2, 0.25) is 0 Å². The molecule has 1 aliphatic carbocycles. The van der Waals surface area contributed by atoms with Gasteiger partial charge in [-0.1, -0.05) is 53.9 Å². The van der Waals surface area contributed by atoms with Crippen LogP contribution in [0, 0.1) is 11.8 Å². The Labute approximate surface area is 134 Å². The molecular formula is C19H40N2. The standard InChI is InChI=1S/C19H40N2/c1-6-13-20-19(17(5)7-2)15-21(14-12-16(3)4)18-10-8-9-11-18/h16-20H,6-15H2,1-5H3. The highest BCUT2D eigenvalue weighted by molar-refractivity contribution is 4.83. The minimum atomic E-state index is 0.669. The van der Waals surface area contributed by atoms with Gasteiger partial charge in [0.15, 0.2) is 0 Å². The summed E-state index contributed by atoms with van der Waals surface area (Å²) in [5.41, 5.74) is 0. The first-order valence-electron chi connectivity index (χ1n) is 9.55. The fourth-order valence-electron chi connectivity index (χ4n) is 3.43. The van der Waals surface area contributed by atoms with Gasteiger partial charge in [-0.05, 0) is 50.6 Å². The number of hydrogen-bond acceptors (Lipinski definition) is 2. The SMILES string of the molecule is CCCNC(CN(CCC(C)C)C1CCCC1)C(C)CC. The zero-order chi connectivity index (χ0) is 15.7. The Hall–Kier alpha value is -0.0800. The second kappa shape index (κ2) is 10.6. The van der Waals surface area contributed by atoms with Crippen molar-refractivity contribution in [2.45, 2.75) is 91.6 Å². The first kappa shape index (κ1) is 19.0. The molecule has 2 nitrogen and oxygen atoms in total. The molecule has 2 unspecified atom stereocenters. The Morgan fingerprint density at radius 1 is 1.10 bits per heavy atom. The summed E-state index contributed by atoms with van der Waals surface area (Å²) < 4.78 is 0. The maximum atomic E-state index is 3.82. The largest absolute Gasteiger partial charge is 0.312 e. The molecule has 0 aromatic carbocycles. The van der Waals surface area contributed by atoms with Crippen LogP contribution in [0.5, 0.6) is 0 Å². The average molecular weight is 297 g/mol. The van der Waals surface area contributed by atoms with Crippen LogP contribution >= 0.6 is 0 Å². The first-order valence-corrected chi connectivity index (χ1v) is 9.55. The number of rotatable bonds is 11. The van der Waals surface area contributed by atoms with Gasteiger partial charge in [-0.2, -0.15) is 0 Å². The quantitative estimate of drug-likeness (QED) is 0.595. The van der Waals surface area contributed by atoms with Crippen molar-refractivity contribution in [3.63, 3.8) is 0 Å². The molecule has 0 heterocycles. The Bertz CT molecular complexity index is 246. The summed E-state index contributed by atoms with van der Waals surface area (Å²) in [5, 5.41) is 3.82. The summed E-state index contributed by atoms with van der Waals surface area (Å²) in [6, 6.07) is 1.53. The van der Waals surface area contributed by atoms with Crippen LogP contribution in [0.15, 0.2) is 0 Å². The van der Waals surface area contributed by atoms with Gasteiger partial charge in [0.1, 0.15) is 0 Å². The molecule has 0 spiro atoms. The third-order valence-corrected chi connectivity index (χ3v) is 5.25. The van der Waals surface area contributed by atoms with Crippen molar-refractivity contribution < 1.29 is 0 Å². The number of nitrogens with zero attached hydrogens (tertiary/aromatic N) is 1. The van der Waals surface area contributed by atoms with Crippen molar-refractivity contribution in [3.8, 4) is 0 Å². The van der Waals surface area contributed by atoms with Crippen LogP contribution < -0.4 is 5.32 Å². The van der Waals surface area contributed by atoms with Crippen molar-refractivity contribution in [1.29, 1.82) is 0 Å². The van der Waals surface area contributed by atoms with E-state index in [1.165, 1.54) is 58.0 Å². The second-order valence-electron chi connectivity index (χ2n) is 7.56. The molecule has 0 saturated heterocycles. The maximum absolute atomic E-state index is 3.82. The lowest BCUT2D eigenvalue weighted by Crippen LogP contribution is -2.48. The summed E-state index contributed by atoms with van der Waals surface area (Å²) in [6.07, 6.45) is 9.61. The van der Waals surface area contributed by atoms with E-state index in [4.69, 9.17) is 0 Å². The molecule has 0 aromatic heterocycles. The van der Waals surface area contributed by atoms with E-state index < -0.39 is 0 Å². The monoisotopic (exact) mass is 296 g/mol. The summed E-state index contributed by atoms with van der Waals surface area (Å²) in [4.78, 5) is 2.83. The van der Waals surface area contributed by atoms with Crippen LogP contribution in [0.1, 0.15) is 79.6 Å². The van der Waals surface area contributed by atoms with E-state index in [1.807, 2.05) is 0 Å². The van der Waals surface area contributed by atoms with Crippen LogP contribution in [0.4, 0.5) is 0 Å². The average Bonchev–Trinajstić information content (AvgIpc) is 2.99. The Morgan fingerprint density at radius 2 is 1.76 bits per heavy atom. The molecule has 0 radical (unpaired) electrons. The minimum absolute atomic E-state index is 0.669. The van der Waals surface area contributed by atoms with Gasteiger partial charge in [0.25, 0.3) is 0 Å². The highest BCUT2D eigenvalue weighted by Crippen LogP contribution is 2.25. The molecule has 1 saturated carbocycles. The lowest BCUT2D eigenvalue weighted by Gasteiger charge is -2.35. The van der Waals surface area contributed by atoms with Crippen molar-refractivity contribution >= 4 is 0 Å². The van der Waals surface area contributed by atoms with E-state index in [9.17, 15) is 0 Å². The van der Waals surface area contributed by atoms with Gasteiger partial charge in [0.05, 0.1) is 0 Å². The Morgan fingerprint density at radius 3 is 2.29 bits per heavy atom. The van der Waals surface area contributed by atoms with Gasteiger partial charge in [-0.15, -0.1) is 0 Å². The van der Waals surface area contributed by atoms with Crippen molar-refractivity contribution in [3.05, 3.63) is 0 Å². The Balaban J connectivity index is 2.60. The highest BCUT2D eigenvalue weighted by Gasteiger charge is 2.26. The summed E-state index contributed by atoms with van der Waals surface area (Å²) in [7, 11) is 0. The van der Waals surface area contributed by atoms with Crippen LogP contribution in [-0.2, 0) is 0 Å². The van der Waals surface area contributed by atoms with Gasteiger partial charge >= 0.3 is 0 Å². The Kier molecular flexibility index (Phi) is 9.59. The molecule has 0 aromatic rings. The molecule has 1 rings (SSSR count). The molecule has 1 N–H and O–H groups in total. The fraction of sp³-hybridized carbons (Fsp3) is 1.00. The zero-order valence-corrected chi connectivity index (χ0v) is 15.3. The zero-order valence-electron chi connectivity index (χ0n) is 15.3. The van der Waals surface area contributed by atoms with Gasteiger partial charge < -0.3 is 5.32 Å². The molecule has 0 bridgehead atoms. The smallest absolute Gasteiger partial charge is 0.0220 e. The lowest BCUT2D eigenvalue weighted by molar-refractivity contribution is 0.151. The van der Waals surface area contributed by atoms with E-state index >= 15 is 0 Å². The van der Waals surface area contributed by atoms with Crippen molar-refractivity contribution in [2.75, 3.05) is 19.6 Å². The number of hydrogen-bond donors (Lipinski definition) is 1. The molecule has 0 amide bonds. The van der Waals surface area contributed by atoms with Crippen LogP contribution in [0.25, 0.3) is 0 Å².